The second kappa shape index (κ2) is 6.61. The van der Waals surface area contributed by atoms with Gasteiger partial charge < -0.3 is 9.88 Å². The van der Waals surface area contributed by atoms with E-state index >= 15 is 0 Å². The number of nitrogens with zero attached hydrogens (tertiary/aromatic N) is 1. The number of rotatable bonds is 3. The van der Waals surface area contributed by atoms with Gasteiger partial charge in [0.2, 0.25) is 0 Å². The summed E-state index contributed by atoms with van der Waals surface area (Å²) in [7, 11) is 0. The maximum atomic E-state index is 12.1. The average molecular weight is 359 g/mol. The van der Waals surface area contributed by atoms with Gasteiger partial charge in [0.05, 0.1) is 5.69 Å². The Balaban J connectivity index is 1.94. The first kappa shape index (κ1) is 16.3. The molecule has 3 aromatic rings. The first-order valence-electron chi connectivity index (χ1n) is 8.31. The Morgan fingerprint density at radius 1 is 0.962 bits per heavy atom. The minimum absolute atomic E-state index is 0.209. The van der Waals surface area contributed by atoms with Crippen molar-refractivity contribution in [2.75, 3.05) is 0 Å². The van der Waals surface area contributed by atoms with Crippen LogP contribution in [-0.4, -0.2) is 15.6 Å². The van der Waals surface area contributed by atoms with Crippen molar-refractivity contribution in [3.05, 3.63) is 83.7 Å². The Morgan fingerprint density at radius 3 is 2.23 bits per heavy atom. The summed E-state index contributed by atoms with van der Waals surface area (Å²) in [5.41, 5.74) is 5.69. The van der Waals surface area contributed by atoms with E-state index < -0.39 is 0 Å². The predicted octanol–water partition coefficient (Wildman–Crippen LogP) is 3.80. The molecule has 0 aliphatic carbocycles. The maximum Gasteiger partial charge on any atom is 0.273 e. The standard InChI is InChI=1S/C21H17N3OS/c1-14-12-16(13-18-20(25)23-21(26)22-18)19(15-8-4-2-5-9-15)24(14)17-10-6-3-7-11-17/h2-13H,1H3,(H2,22,23,25,26)/b18-13+. The molecule has 0 bridgehead atoms. The number of carbonyl (C=O) groups is 1. The molecule has 4 rings (SSSR count). The molecule has 128 valence electrons. The van der Waals surface area contributed by atoms with Gasteiger partial charge in [-0.15, -0.1) is 0 Å². The Hall–Kier alpha value is -3.18. The number of para-hydroxylation sites is 1. The van der Waals surface area contributed by atoms with Crippen LogP contribution < -0.4 is 10.6 Å². The molecular weight excluding hydrogens is 342 g/mol. The van der Waals surface area contributed by atoms with Crippen LogP contribution in [-0.2, 0) is 4.79 Å². The molecule has 1 aliphatic rings. The van der Waals surface area contributed by atoms with Crippen molar-refractivity contribution < 1.29 is 4.79 Å². The van der Waals surface area contributed by atoms with Crippen molar-refractivity contribution in [3.63, 3.8) is 0 Å². The lowest BCUT2D eigenvalue weighted by Crippen LogP contribution is -2.21. The van der Waals surface area contributed by atoms with E-state index in [1.165, 1.54) is 0 Å². The second-order valence-corrected chi connectivity index (χ2v) is 6.50. The third-order valence-corrected chi connectivity index (χ3v) is 4.50. The van der Waals surface area contributed by atoms with E-state index in [1.54, 1.807) is 0 Å². The van der Waals surface area contributed by atoms with Crippen molar-refractivity contribution >= 4 is 29.3 Å². The number of hydrogen-bond acceptors (Lipinski definition) is 2. The van der Waals surface area contributed by atoms with Crippen LogP contribution >= 0.6 is 12.2 Å². The fourth-order valence-corrected chi connectivity index (χ4v) is 3.42. The minimum atomic E-state index is -0.209. The zero-order valence-electron chi connectivity index (χ0n) is 14.2. The van der Waals surface area contributed by atoms with Crippen LogP contribution in [0.4, 0.5) is 0 Å². The molecule has 2 aromatic carbocycles. The molecule has 26 heavy (non-hydrogen) atoms. The highest BCUT2D eigenvalue weighted by Crippen LogP contribution is 2.32. The Bertz CT molecular complexity index is 1020. The molecule has 5 heteroatoms. The minimum Gasteiger partial charge on any atom is -0.328 e. The SMILES string of the molecule is Cc1cc(/C=C2/NC(=S)NC2=O)c(-c2ccccc2)n1-c1ccccc1. The molecule has 0 saturated carbocycles. The van der Waals surface area contributed by atoms with Gasteiger partial charge in [0, 0.05) is 16.9 Å². The van der Waals surface area contributed by atoms with Gasteiger partial charge in [0.1, 0.15) is 5.70 Å². The van der Waals surface area contributed by atoms with Gasteiger partial charge in [-0.05, 0) is 49.0 Å². The molecule has 0 atom stereocenters. The van der Waals surface area contributed by atoms with Crippen molar-refractivity contribution in [2.24, 2.45) is 0 Å². The highest BCUT2D eigenvalue weighted by Gasteiger charge is 2.22. The molecule has 1 aromatic heterocycles. The molecule has 1 amide bonds. The summed E-state index contributed by atoms with van der Waals surface area (Å²) in [4.78, 5) is 12.1. The summed E-state index contributed by atoms with van der Waals surface area (Å²) < 4.78 is 2.20. The number of carbonyl (C=O) groups excluding carboxylic acids is 1. The summed E-state index contributed by atoms with van der Waals surface area (Å²) >= 11 is 5.03. The first-order chi connectivity index (χ1) is 12.6. The zero-order chi connectivity index (χ0) is 18.1. The molecule has 2 N–H and O–H groups in total. The topological polar surface area (TPSA) is 46.1 Å². The quantitative estimate of drug-likeness (QED) is 0.552. The van der Waals surface area contributed by atoms with E-state index in [1.807, 2.05) is 42.5 Å². The van der Waals surface area contributed by atoms with Crippen LogP contribution in [0.15, 0.2) is 72.4 Å². The van der Waals surface area contributed by atoms with Gasteiger partial charge in [0.15, 0.2) is 5.11 Å². The largest absolute Gasteiger partial charge is 0.328 e. The lowest BCUT2D eigenvalue weighted by atomic mass is 10.1. The van der Waals surface area contributed by atoms with Gasteiger partial charge in [-0.2, -0.15) is 0 Å². The van der Waals surface area contributed by atoms with E-state index in [0.29, 0.717) is 10.8 Å². The number of benzene rings is 2. The molecule has 2 heterocycles. The smallest absolute Gasteiger partial charge is 0.273 e. The van der Waals surface area contributed by atoms with Crippen molar-refractivity contribution in [1.29, 1.82) is 0 Å². The van der Waals surface area contributed by atoms with E-state index in [2.05, 4.69) is 52.5 Å². The fraction of sp³-hybridized carbons (Fsp3) is 0.0476. The fourth-order valence-electron chi connectivity index (χ4n) is 3.21. The Labute approximate surface area is 157 Å². The van der Waals surface area contributed by atoms with Crippen LogP contribution in [0.1, 0.15) is 11.3 Å². The van der Waals surface area contributed by atoms with Gasteiger partial charge >= 0.3 is 0 Å². The first-order valence-corrected chi connectivity index (χ1v) is 8.71. The molecule has 0 unspecified atom stereocenters. The molecule has 1 fully saturated rings. The zero-order valence-corrected chi connectivity index (χ0v) is 15.0. The van der Waals surface area contributed by atoms with E-state index in [4.69, 9.17) is 12.2 Å². The van der Waals surface area contributed by atoms with Gasteiger partial charge in [0.25, 0.3) is 5.91 Å². The Kier molecular flexibility index (Phi) is 4.14. The highest BCUT2D eigenvalue weighted by atomic mass is 32.1. The maximum absolute atomic E-state index is 12.1. The normalized spacial score (nSPS) is 15.2. The number of aryl methyl sites for hydroxylation is 1. The lowest BCUT2D eigenvalue weighted by molar-refractivity contribution is -0.115. The molecule has 1 saturated heterocycles. The van der Waals surface area contributed by atoms with E-state index in [9.17, 15) is 4.79 Å². The molecule has 4 nitrogen and oxygen atoms in total. The van der Waals surface area contributed by atoms with Crippen LogP contribution in [0.2, 0.25) is 0 Å². The number of hydrogen-bond donors (Lipinski definition) is 2. The average Bonchev–Trinajstić information content (AvgIpc) is 3.15. The summed E-state index contributed by atoms with van der Waals surface area (Å²) in [5.74, 6) is -0.209. The number of nitrogens with one attached hydrogen (secondary N) is 2. The second-order valence-electron chi connectivity index (χ2n) is 6.09. The van der Waals surface area contributed by atoms with Crippen molar-refractivity contribution in [1.82, 2.24) is 15.2 Å². The van der Waals surface area contributed by atoms with Crippen LogP contribution in [0.5, 0.6) is 0 Å². The monoisotopic (exact) mass is 359 g/mol. The van der Waals surface area contributed by atoms with Crippen LogP contribution in [0.3, 0.4) is 0 Å². The number of thiocarbonyl (C=S) groups is 1. The van der Waals surface area contributed by atoms with Gasteiger partial charge in [-0.1, -0.05) is 48.5 Å². The van der Waals surface area contributed by atoms with Crippen LogP contribution in [0, 0.1) is 6.92 Å². The molecule has 0 radical (unpaired) electrons. The number of amides is 1. The van der Waals surface area contributed by atoms with E-state index in [-0.39, 0.29) is 5.91 Å². The lowest BCUT2D eigenvalue weighted by Gasteiger charge is -2.13. The summed E-state index contributed by atoms with van der Waals surface area (Å²) in [6.45, 7) is 2.06. The summed E-state index contributed by atoms with van der Waals surface area (Å²) in [6.07, 6.45) is 1.85. The van der Waals surface area contributed by atoms with Crippen LogP contribution in [0.25, 0.3) is 23.0 Å². The third kappa shape index (κ3) is 2.93. The summed E-state index contributed by atoms with van der Waals surface area (Å²) in [5, 5.41) is 5.86. The molecular formula is C21H17N3OS. The predicted molar refractivity (Wildman–Crippen MR) is 108 cm³/mol. The Morgan fingerprint density at radius 2 is 1.62 bits per heavy atom. The van der Waals surface area contributed by atoms with Crippen molar-refractivity contribution in [2.45, 2.75) is 6.92 Å². The van der Waals surface area contributed by atoms with E-state index in [0.717, 1.165) is 28.2 Å². The molecule has 1 aliphatic heterocycles. The highest BCUT2D eigenvalue weighted by molar-refractivity contribution is 7.80. The number of aromatic nitrogens is 1. The summed E-state index contributed by atoms with van der Waals surface area (Å²) in [6, 6.07) is 22.4. The third-order valence-electron chi connectivity index (χ3n) is 4.30. The van der Waals surface area contributed by atoms with Gasteiger partial charge in [-0.25, -0.2) is 0 Å². The van der Waals surface area contributed by atoms with Gasteiger partial charge in [-0.3, -0.25) is 10.1 Å². The van der Waals surface area contributed by atoms with Crippen molar-refractivity contribution in [3.8, 4) is 16.9 Å². The molecule has 0 spiro atoms.